The lowest BCUT2D eigenvalue weighted by molar-refractivity contribution is -0.139. The zero-order valence-corrected chi connectivity index (χ0v) is 9.71. The van der Waals surface area contributed by atoms with Gasteiger partial charge in [-0.15, -0.1) is 0 Å². The van der Waals surface area contributed by atoms with Gasteiger partial charge in [0.05, 0.1) is 17.7 Å². The summed E-state index contributed by atoms with van der Waals surface area (Å²) in [6.45, 7) is 1.47. The van der Waals surface area contributed by atoms with Crippen LogP contribution in [0, 0.1) is 5.92 Å². The van der Waals surface area contributed by atoms with Crippen LogP contribution in [0.25, 0.3) is 0 Å². The molecule has 0 bridgehead atoms. The van der Waals surface area contributed by atoms with E-state index in [9.17, 15) is 14.4 Å². The van der Waals surface area contributed by atoms with Gasteiger partial charge < -0.3 is 15.5 Å². The van der Waals surface area contributed by atoms with E-state index < -0.39 is 23.8 Å². The molecule has 3 N–H and O–H groups in total. The SMILES string of the molecule is C[C@@H](CC(=O)O)C(=O)Nc1ccccc1C(=O)O. The predicted molar refractivity (Wildman–Crippen MR) is 63.4 cm³/mol. The molecule has 0 aliphatic carbocycles. The van der Waals surface area contributed by atoms with Gasteiger partial charge in [-0.25, -0.2) is 4.79 Å². The monoisotopic (exact) mass is 251 g/mol. The van der Waals surface area contributed by atoms with Crippen molar-refractivity contribution in [1.82, 2.24) is 0 Å². The summed E-state index contributed by atoms with van der Waals surface area (Å²) in [5, 5.41) is 19.9. The number of carbonyl (C=O) groups excluding carboxylic acids is 1. The molecule has 0 aromatic heterocycles. The zero-order chi connectivity index (χ0) is 13.7. The predicted octanol–water partition coefficient (Wildman–Crippen LogP) is 1.43. The Kier molecular flexibility index (Phi) is 4.42. The van der Waals surface area contributed by atoms with Crippen LogP contribution >= 0.6 is 0 Å². The first kappa shape index (κ1) is 13.7. The fraction of sp³-hybridized carbons (Fsp3) is 0.250. The van der Waals surface area contributed by atoms with E-state index in [4.69, 9.17) is 10.2 Å². The minimum absolute atomic E-state index is 0.0339. The van der Waals surface area contributed by atoms with Crippen molar-refractivity contribution >= 4 is 23.5 Å². The molecule has 0 heterocycles. The highest BCUT2D eigenvalue weighted by Gasteiger charge is 2.18. The molecule has 0 radical (unpaired) electrons. The van der Waals surface area contributed by atoms with Gasteiger partial charge in [0, 0.05) is 5.92 Å². The number of nitrogens with one attached hydrogen (secondary N) is 1. The van der Waals surface area contributed by atoms with Gasteiger partial charge in [0.25, 0.3) is 0 Å². The van der Waals surface area contributed by atoms with Crippen molar-refractivity contribution in [3.05, 3.63) is 29.8 Å². The van der Waals surface area contributed by atoms with Crippen LogP contribution in [0.1, 0.15) is 23.7 Å². The second-order valence-electron chi connectivity index (χ2n) is 3.84. The number of carbonyl (C=O) groups is 3. The molecule has 0 fully saturated rings. The Morgan fingerprint density at radius 2 is 1.83 bits per heavy atom. The number of carboxylic acids is 2. The third-order valence-corrected chi connectivity index (χ3v) is 2.34. The molecule has 0 saturated carbocycles. The van der Waals surface area contributed by atoms with Crippen molar-refractivity contribution in [2.75, 3.05) is 5.32 Å². The maximum Gasteiger partial charge on any atom is 0.337 e. The summed E-state index contributed by atoms with van der Waals surface area (Å²) in [4.78, 5) is 33.0. The summed E-state index contributed by atoms with van der Waals surface area (Å²) in [5.41, 5.74) is 0.126. The first-order valence-corrected chi connectivity index (χ1v) is 5.26. The van der Waals surface area contributed by atoms with Crippen molar-refractivity contribution in [1.29, 1.82) is 0 Å². The Bertz CT molecular complexity index is 483. The van der Waals surface area contributed by atoms with Crippen LogP contribution < -0.4 is 5.32 Å². The minimum atomic E-state index is -1.16. The quantitative estimate of drug-likeness (QED) is 0.734. The summed E-state index contributed by atoms with van der Waals surface area (Å²) >= 11 is 0. The number of hydrogen-bond donors (Lipinski definition) is 3. The van der Waals surface area contributed by atoms with Crippen molar-refractivity contribution < 1.29 is 24.6 Å². The Labute approximate surface area is 103 Å². The first-order chi connectivity index (χ1) is 8.41. The van der Waals surface area contributed by atoms with E-state index in [0.29, 0.717) is 0 Å². The molecule has 6 heteroatoms. The number of benzene rings is 1. The van der Waals surface area contributed by atoms with Crippen LogP contribution in [-0.4, -0.2) is 28.1 Å². The number of aromatic carboxylic acids is 1. The smallest absolute Gasteiger partial charge is 0.337 e. The summed E-state index contributed by atoms with van der Waals surface area (Å²) in [5.74, 6) is -3.49. The standard InChI is InChI=1S/C12H13NO5/c1-7(6-10(14)15)11(16)13-9-5-3-2-4-8(9)12(17)18/h2-5,7H,6H2,1H3,(H,13,16)(H,14,15)(H,17,18)/t7-/m0/s1. The average Bonchev–Trinajstić information content (AvgIpc) is 2.28. The van der Waals surface area contributed by atoms with Crippen LogP contribution in [0.15, 0.2) is 24.3 Å². The molecule has 0 spiro atoms. The van der Waals surface area contributed by atoms with E-state index in [0.717, 1.165) is 0 Å². The molecular weight excluding hydrogens is 238 g/mol. The number of anilines is 1. The molecule has 0 aliphatic rings. The highest BCUT2D eigenvalue weighted by molar-refractivity contribution is 6.01. The van der Waals surface area contributed by atoms with Crippen LogP contribution in [0.2, 0.25) is 0 Å². The Hall–Kier alpha value is -2.37. The van der Waals surface area contributed by atoms with Gasteiger partial charge in [-0.3, -0.25) is 9.59 Å². The molecule has 1 rings (SSSR count). The van der Waals surface area contributed by atoms with Gasteiger partial charge in [0.2, 0.25) is 5.91 Å². The van der Waals surface area contributed by atoms with Crippen molar-refractivity contribution in [2.24, 2.45) is 5.92 Å². The molecular formula is C12H13NO5. The maximum absolute atomic E-state index is 11.7. The fourth-order valence-electron chi connectivity index (χ4n) is 1.39. The van der Waals surface area contributed by atoms with E-state index in [-0.39, 0.29) is 17.7 Å². The number of aliphatic carboxylic acids is 1. The Morgan fingerprint density at radius 1 is 1.22 bits per heavy atom. The number of para-hydroxylation sites is 1. The highest BCUT2D eigenvalue weighted by Crippen LogP contribution is 2.16. The minimum Gasteiger partial charge on any atom is -0.481 e. The maximum atomic E-state index is 11.7. The largest absolute Gasteiger partial charge is 0.481 e. The molecule has 18 heavy (non-hydrogen) atoms. The average molecular weight is 251 g/mol. The fourth-order valence-corrected chi connectivity index (χ4v) is 1.39. The Morgan fingerprint density at radius 3 is 2.39 bits per heavy atom. The molecule has 0 saturated heterocycles. The number of carboxylic acid groups (broad SMARTS) is 2. The summed E-state index contributed by atoms with van der Waals surface area (Å²) in [6, 6.07) is 5.94. The van der Waals surface area contributed by atoms with Crippen LogP contribution in [0.5, 0.6) is 0 Å². The Balaban J connectivity index is 2.82. The lowest BCUT2D eigenvalue weighted by atomic mass is 10.1. The van der Waals surface area contributed by atoms with E-state index in [1.807, 2.05) is 0 Å². The van der Waals surface area contributed by atoms with Crippen molar-refractivity contribution in [3.8, 4) is 0 Å². The van der Waals surface area contributed by atoms with E-state index in [1.54, 1.807) is 12.1 Å². The third-order valence-electron chi connectivity index (χ3n) is 2.34. The van der Waals surface area contributed by atoms with Gasteiger partial charge in [-0.05, 0) is 12.1 Å². The van der Waals surface area contributed by atoms with Gasteiger partial charge >= 0.3 is 11.9 Å². The summed E-state index contributed by atoms with van der Waals surface area (Å²) in [6.07, 6.45) is -0.304. The zero-order valence-electron chi connectivity index (χ0n) is 9.71. The third kappa shape index (κ3) is 3.58. The topological polar surface area (TPSA) is 104 Å². The normalized spacial score (nSPS) is 11.6. The van der Waals surface area contributed by atoms with Crippen LogP contribution in [0.3, 0.4) is 0 Å². The molecule has 6 nitrogen and oxygen atoms in total. The molecule has 1 aromatic rings. The van der Waals surface area contributed by atoms with E-state index in [2.05, 4.69) is 5.32 Å². The van der Waals surface area contributed by atoms with E-state index >= 15 is 0 Å². The van der Waals surface area contributed by atoms with Crippen LogP contribution in [-0.2, 0) is 9.59 Å². The molecule has 1 aromatic carbocycles. The molecule has 1 atom stereocenters. The second-order valence-corrected chi connectivity index (χ2v) is 3.84. The molecule has 1 amide bonds. The molecule has 96 valence electrons. The van der Waals surface area contributed by atoms with E-state index in [1.165, 1.54) is 19.1 Å². The highest BCUT2D eigenvalue weighted by atomic mass is 16.4. The lowest BCUT2D eigenvalue weighted by Gasteiger charge is -2.11. The van der Waals surface area contributed by atoms with Gasteiger partial charge in [-0.1, -0.05) is 19.1 Å². The number of rotatable bonds is 5. The van der Waals surface area contributed by atoms with Crippen molar-refractivity contribution in [3.63, 3.8) is 0 Å². The van der Waals surface area contributed by atoms with Crippen LogP contribution in [0.4, 0.5) is 5.69 Å². The lowest BCUT2D eigenvalue weighted by Crippen LogP contribution is -2.23. The summed E-state index contributed by atoms with van der Waals surface area (Å²) < 4.78 is 0. The number of hydrogen-bond acceptors (Lipinski definition) is 3. The molecule has 0 aliphatic heterocycles. The summed E-state index contributed by atoms with van der Waals surface area (Å²) in [7, 11) is 0. The van der Waals surface area contributed by atoms with Gasteiger partial charge in [0.15, 0.2) is 0 Å². The van der Waals surface area contributed by atoms with Gasteiger partial charge in [-0.2, -0.15) is 0 Å². The number of amides is 1. The van der Waals surface area contributed by atoms with Gasteiger partial charge in [0.1, 0.15) is 0 Å². The first-order valence-electron chi connectivity index (χ1n) is 5.26. The molecule has 0 unspecified atom stereocenters. The second kappa shape index (κ2) is 5.81. The van der Waals surface area contributed by atoms with Crippen molar-refractivity contribution in [2.45, 2.75) is 13.3 Å².